The molecule has 4 heteroatoms. The molecule has 12 heavy (non-hydrogen) atoms. The van der Waals surface area contributed by atoms with Crippen LogP contribution in [0.1, 0.15) is 25.7 Å². The maximum absolute atomic E-state index is 11.0. The standard InChI is InChI=1S/C8H14BrNO2/c9-5-8(12)10-6-3-1-2-4-7(6)11/h6-7,11H,1-5H2,(H,10,12)/t6-,7-/m0/s1. The number of hydrogen-bond acceptors (Lipinski definition) is 2. The van der Waals surface area contributed by atoms with Crippen LogP contribution < -0.4 is 5.32 Å². The molecule has 0 aliphatic heterocycles. The van der Waals surface area contributed by atoms with E-state index in [1.165, 1.54) is 0 Å². The van der Waals surface area contributed by atoms with E-state index in [4.69, 9.17) is 0 Å². The summed E-state index contributed by atoms with van der Waals surface area (Å²) in [5, 5.41) is 12.6. The predicted molar refractivity (Wildman–Crippen MR) is 50.2 cm³/mol. The van der Waals surface area contributed by atoms with Crippen molar-refractivity contribution in [3.63, 3.8) is 0 Å². The molecule has 70 valence electrons. The van der Waals surface area contributed by atoms with Crippen molar-refractivity contribution < 1.29 is 9.90 Å². The Bertz CT molecular complexity index is 163. The third-order valence-corrected chi connectivity index (χ3v) is 2.71. The van der Waals surface area contributed by atoms with Gasteiger partial charge in [-0.15, -0.1) is 0 Å². The molecule has 3 nitrogen and oxygen atoms in total. The Kier molecular flexibility index (Phi) is 4.01. The summed E-state index contributed by atoms with van der Waals surface area (Å²) in [5.41, 5.74) is 0. The number of amides is 1. The van der Waals surface area contributed by atoms with Crippen molar-refractivity contribution in [2.45, 2.75) is 37.8 Å². The topological polar surface area (TPSA) is 49.3 Å². The molecule has 0 unspecified atom stereocenters. The lowest BCUT2D eigenvalue weighted by atomic mass is 9.93. The van der Waals surface area contributed by atoms with Crippen molar-refractivity contribution in [2.75, 3.05) is 5.33 Å². The Balaban J connectivity index is 2.33. The molecule has 1 rings (SSSR count). The van der Waals surface area contributed by atoms with Gasteiger partial charge in [0.25, 0.3) is 0 Å². The number of aliphatic hydroxyl groups is 1. The second kappa shape index (κ2) is 4.82. The van der Waals surface area contributed by atoms with Gasteiger partial charge in [-0.1, -0.05) is 28.8 Å². The zero-order valence-electron chi connectivity index (χ0n) is 6.92. The number of nitrogens with one attached hydrogen (secondary N) is 1. The van der Waals surface area contributed by atoms with Crippen LogP contribution in [0.2, 0.25) is 0 Å². The van der Waals surface area contributed by atoms with Crippen LogP contribution in [-0.4, -0.2) is 28.5 Å². The van der Waals surface area contributed by atoms with Crippen LogP contribution in [0.3, 0.4) is 0 Å². The van der Waals surface area contributed by atoms with Gasteiger partial charge in [-0.25, -0.2) is 0 Å². The molecule has 2 N–H and O–H groups in total. The minimum absolute atomic E-state index is 0.0243. The lowest BCUT2D eigenvalue weighted by Gasteiger charge is -2.27. The van der Waals surface area contributed by atoms with Crippen LogP contribution in [0, 0.1) is 0 Å². The average molecular weight is 236 g/mol. The van der Waals surface area contributed by atoms with Gasteiger partial charge in [-0.05, 0) is 12.8 Å². The monoisotopic (exact) mass is 235 g/mol. The first-order valence-corrected chi connectivity index (χ1v) is 5.39. The predicted octanol–water partition coefficient (Wildman–Crippen LogP) is 0.801. The van der Waals surface area contributed by atoms with E-state index in [0.29, 0.717) is 5.33 Å². The summed E-state index contributed by atoms with van der Waals surface area (Å²) in [7, 11) is 0. The van der Waals surface area contributed by atoms with Gasteiger partial charge in [-0.2, -0.15) is 0 Å². The number of halogens is 1. The summed E-state index contributed by atoms with van der Waals surface area (Å²) in [6, 6.07) is -0.0243. The third-order valence-electron chi connectivity index (χ3n) is 2.20. The van der Waals surface area contributed by atoms with E-state index in [-0.39, 0.29) is 18.1 Å². The Labute approximate surface area is 80.7 Å². The highest BCUT2D eigenvalue weighted by Gasteiger charge is 2.23. The van der Waals surface area contributed by atoms with Crippen LogP contribution in [-0.2, 0) is 4.79 Å². The molecule has 1 aliphatic carbocycles. The van der Waals surface area contributed by atoms with Gasteiger partial charge >= 0.3 is 0 Å². The highest BCUT2D eigenvalue weighted by molar-refractivity contribution is 9.09. The largest absolute Gasteiger partial charge is 0.391 e. The van der Waals surface area contributed by atoms with Gasteiger partial charge in [0.1, 0.15) is 0 Å². The van der Waals surface area contributed by atoms with Crippen molar-refractivity contribution in [1.82, 2.24) is 5.32 Å². The van der Waals surface area contributed by atoms with Crippen LogP contribution >= 0.6 is 15.9 Å². The molecule has 1 fully saturated rings. The van der Waals surface area contributed by atoms with Crippen LogP contribution in [0.5, 0.6) is 0 Å². The average Bonchev–Trinajstić information content (AvgIpc) is 2.09. The first-order chi connectivity index (χ1) is 5.74. The molecule has 0 aromatic rings. The van der Waals surface area contributed by atoms with E-state index in [2.05, 4.69) is 21.2 Å². The number of hydrogen-bond donors (Lipinski definition) is 2. The molecule has 0 saturated heterocycles. The fourth-order valence-electron chi connectivity index (χ4n) is 1.53. The highest BCUT2D eigenvalue weighted by atomic mass is 79.9. The Hall–Kier alpha value is -0.0900. The van der Waals surface area contributed by atoms with Crippen molar-refractivity contribution >= 4 is 21.8 Å². The van der Waals surface area contributed by atoms with Crippen LogP contribution in [0.15, 0.2) is 0 Å². The zero-order valence-corrected chi connectivity index (χ0v) is 8.51. The zero-order chi connectivity index (χ0) is 8.97. The summed E-state index contributed by atoms with van der Waals surface area (Å²) in [5.74, 6) is -0.0408. The van der Waals surface area contributed by atoms with Gasteiger partial charge < -0.3 is 10.4 Å². The molecular weight excluding hydrogens is 222 g/mol. The fourth-order valence-corrected chi connectivity index (χ4v) is 1.69. The summed E-state index contributed by atoms with van der Waals surface area (Å²) >= 11 is 3.07. The molecule has 0 aromatic heterocycles. The minimum atomic E-state index is -0.346. The van der Waals surface area contributed by atoms with E-state index in [9.17, 15) is 9.90 Å². The van der Waals surface area contributed by atoms with Gasteiger partial charge in [0, 0.05) is 0 Å². The lowest BCUT2D eigenvalue weighted by Crippen LogP contribution is -2.45. The lowest BCUT2D eigenvalue weighted by molar-refractivity contribution is -0.120. The summed E-state index contributed by atoms with van der Waals surface area (Å²) < 4.78 is 0. The normalized spacial score (nSPS) is 29.8. The fraction of sp³-hybridized carbons (Fsp3) is 0.875. The van der Waals surface area contributed by atoms with Crippen molar-refractivity contribution in [3.8, 4) is 0 Å². The highest BCUT2D eigenvalue weighted by Crippen LogP contribution is 2.18. The van der Waals surface area contributed by atoms with E-state index in [1.807, 2.05) is 0 Å². The molecule has 1 aliphatic rings. The van der Waals surface area contributed by atoms with Crippen molar-refractivity contribution in [3.05, 3.63) is 0 Å². The third kappa shape index (κ3) is 2.75. The molecule has 0 spiro atoms. The van der Waals surface area contributed by atoms with E-state index < -0.39 is 0 Å². The molecule has 0 aromatic carbocycles. The Morgan fingerprint density at radius 1 is 1.50 bits per heavy atom. The molecule has 0 bridgehead atoms. The second-order valence-electron chi connectivity index (χ2n) is 3.16. The van der Waals surface area contributed by atoms with Crippen molar-refractivity contribution in [2.24, 2.45) is 0 Å². The number of carbonyl (C=O) groups is 1. The van der Waals surface area contributed by atoms with E-state index >= 15 is 0 Å². The van der Waals surface area contributed by atoms with Gasteiger partial charge in [0.05, 0.1) is 17.5 Å². The minimum Gasteiger partial charge on any atom is -0.391 e. The Morgan fingerprint density at radius 3 is 2.75 bits per heavy atom. The van der Waals surface area contributed by atoms with Crippen molar-refractivity contribution in [1.29, 1.82) is 0 Å². The summed E-state index contributed by atoms with van der Waals surface area (Å²) in [4.78, 5) is 11.0. The quantitative estimate of drug-likeness (QED) is 0.697. The number of rotatable bonds is 2. The summed E-state index contributed by atoms with van der Waals surface area (Å²) in [6.07, 6.45) is 3.54. The van der Waals surface area contributed by atoms with Gasteiger partial charge in [-0.3, -0.25) is 4.79 Å². The van der Waals surface area contributed by atoms with E-state index in [0.717, 1.165) is 25.7 Å². The molecule has 2 atom stereocenters. The Morgan fingerprint density at radius 2 is 2.17 bits per heavy atom. The maximum atomic E-state index is 11.0. The molecular formula is C8H14BrNO2. The first kappa shape index (κ1) is 9.99. The van der Waals surface area contributed by atoms with Crippen LogP contribution in [0.4, 0.5) is 0 Å². The molecule has 0 heterocycles. The molecule has 1 saturated carbocycles. The SMILES string of the molecule is O=C(CBr)N[C@H]1CCCC[C@@H]1O. The molecule has 1 amide bonds. The summed E-state index contributed by atoms with van der Waals surface area (Å²) in [6.45, 7) is 0. The maximum Gasteiger partial charge on any atom is 0.230 e. The second-order valence-corrected chi connectivity index (χ2v) is 3.72. The van der Waals surface area contributed by atoms with Crippen LogP contribution in [0.25, 0.3) is 0 Å². The first-order valence-electron chi connectivity index (χ1n) is 4.27. The number of carbonyl (C=O) groups excluding carboxylic acids is 1. The van der Waals surface area contributed by atoms with Gasteiger partial charge in [0.2, 0.25) is 5.91 Å². The molecule has 0 radical (unpaired) electrons. The number of aliphatic hydroxyl groups excluding tert-OH is 1. The van der Waals surface area contributed by atoms with Gasteiger partial charge in [0.15, 0.2) is 0 Å². The number of alkyl halides is 1. The van der Waals surface area contributed by atoms with E-state index in [1.54, 1.807) is 0 Å². The smallest absolute Gasteiger partial charge is 0.230 e.